The van der Waals surface area contributed by atoms with Crippen LogP contribution >= 0.6 is 15.9 Å². The van der Waals surface area contributed by atoms with E-state index in [1.165, 1.54) is 0 Å². The van der Waals surface area contributed by atoms with Crippen LogP contribution < -0.4 is 5.32 Å². The molecule has 0 bridgehead atoms. The van der Waals surface area contributed by atoms with Gasteiger partial charge in [0.25, 0.3) is 5.91 Å². The van der Waals surface area contributed by atoms with Crippen LogP contribution in [0.25, 0.3) is 0 Å². The van der Waals surface area contributed by atoms with E-state index in [9.17, 15) is 4.79 Å². The van der Waals surface area contributed by atoms with Crippen molar-refractivity contribution in [3.63, 3.8) is 0 Å². The Kier molecular flexibility index (Phi) is 5.36. The molecule has 82 valence electrons. The molecule has 1 aromatic rings. The minimum atomic E-state index is -0.0667. The van der Waals surface area contributed by atoms with Gasteiger partial charge in [-0.15, -0.1) is 0 Å². The first-order valence-corrected chi connectivity index (χ1v) is 5.85. The van der Waals surface area contributed by atoms with E-state index in [4.69, 9.17) is 4.74 Å². The van der Waals surface area contributed by atoms with Crippen molar-refractivity contribution in [1.82, 2.24) is 5.32 Å². The SMILES string of the molecule is CNC(=O)c1ccc(COCCBr)cc1. The summed E-state index contributed by atoms with van der Waals surface area (Å²) in [4.78, 5) is 11.2. The molecule has 0 spiro atoms. The van der Waals surface area contributed by atoms with Crippen LogP contribution in [0.2, 0.25) is 0 Å². The molecule has 0 saturated heterocycles. The van der Waals surface area contributed by atoms with Gasteiger partial charge in [0.05, 0.1) is 13.2 Å². The molecule has 0 aromatic heterocycles. The normalized spacial score (nSPS) is 10.0. The largest absolute Gasteiger partial charge is 0.376 e. The molecule has 1 rings (SSSR count). The van der Waals surface area contributed by atoms with Crippen molar-refractivity contribution in [1.29, 1.82) is 0 Å². The van der Waals surface area contributed by atoms with Crippen LogP contribution in [-0.2, 0) is 11.3 Å². The van der Waals surface area contributed by atoms with Crippen molar-refractivity contribution >= 4 is 21.8 Å². The fourth-order valence-electron chi connectivity index (χ4n) is 1.14. The van der Waals surface area contributed by atoms with Crippen LogP contribution in [0, 0.1) is 0 Å². The zero-order valence-corrected chi connectivity index (χ0v) is 10.2. The average molecular weight is 272 g/mol. The van der Waals surface area contributed by atoms with Gasteiger partial charge < -0.3 is 10.1 Å². The number of benzene rings is 1. The Morgan fingerprint density at radius 1 is 1.40 bits per heavy atom. The van der Waals surface area contributed by atoms with E-state index >= 15 is 0 Å². The second-order valence-electron chi connectivity index (χ2n) is 3.02. The van der Waals surface area contributed by atoms with E-state index < -0.39 is 0 Å². The number of hydrogen-bond acceptors (Lipinski definition) is 2. The molecule has 0 aliphatic carbocycles. The summed E-state index contributed by atoms with van der Waals surface area (Å²) in [6.45, 7) is 1.27. The molecule has 0 heterocycles. The Bertz CT molecular complexity index is 311. The molecule has 1 N–H and O–H groups in total. The molecule has 0 saturated carbocycles. The van der Waals surface area contributed by atoms with Crippen LogP contribution in [-0.4, -0.2) is 24.9 Å². The van der Waals surface area contributed by atoms with E-state index in [2.05, 4.69) is 21.2 Å². The fourth-order valence-corrected chi connectivity index (χ4v) is 1.37. The number of nitrogens with one attached hydrogen (secondary N) is 1. The number of carbonyl (C=O) groups is 1. The third kappa shape index (κ3) is 4.01. The van der Waals surface area contributed by atoms with Crippen molar-refractivity contribution in [3.8, 4) is 0 Å². The van der Waals surface area contributed by atoms with Gasteiger partial charge in [-0.1, -0.05) is 28.1 Å². The van der Waals surface area contributed by atoms with Crippen LogP contribution in [0.1, 0.15) is 15.9 Å². The van der Waals surface area contributed by atoms with E-state index in [0.29, 0.717) is 18.8 Å². The molecule has 1 aromatic carbocycles. The number of hydrogen-bond donors (Lipinski definition) is 1. The lowest BCUT2D eigenvalue weighted by Crippen LogP contribution is -2.17. The maximum Gasteiger partial charge on any atom is 0.251 e. The second-order valence-corrected chi connectivity index (χ2v) is 3.81. The molecule has 1 amide bonds. The Morgan fingerprint density at radius 3 is 2.60 bits per heavy atom. The van der Waals surface area contributed by atoms with Crippen LogP contribution in [0.15, 0.2) is 24.3 Å². The molecule has 0 aliphatic heterocycles. The maximum absolute atomic E-state index is 11.2. The minimum Gasteiger partial charge on any atom is -0.376 e. The van der Waals surface area contributed by atoms with E-state index in [-0.39, 0.29) is 5.91 Å². The van der Waals surface area contributed by atoms with Gasteiger partial charge in [-0.3, -0.25) is 4.79 Å². The van der Waals surface area contributed by atoms with Gasteiger partial charge in [-0.05, 0) is 17.7 Å². The highest BCUT2D eigenvalue weighted by molar-refractivity contribution is 9.09. The highest BCUT2D eigenvalue weighted by atomic mass is 79.9. The average Bonchev–Trinajstić information content (AvgIpc) is 2.29. The monoisotopic (exact) mass is 271 g/mol. The Labute approximate surface area is 97.9 Å². The highest BCUT2D eigenvalue weighted by Crippen LogP contribution is 2.05. The number of alkyl halides is 1. The summed E-state index contributed by atoms with van der Waals surface area (Å²) in [6, 6.07) is 7.40. The Morgan fingerprint density at radius 2 is 2.07 bits per heavy atom. The highest BCUT2D eigenvalue weighted by Gasteiger charge is 2.01. The third-order valence-corrected chi connectivity index (χ3v) is 2.26. The molecule has 0 fully saturated rings. The topological polar surface area (TPSA) is 38.3 Å². The predicted molar refractivity (Wildman–Crippen MR) is 63.3 cm³/mol. The van der Waals surface area contributed by atoms with Crippen molar-refractivity contribution in [2.24, 2.45) is 0 Å². The zero-order chi connectivity index (χ0) is 11.1. The van der Waals surface area contributed by atoms with Crippen molar-refractivity contribution in [2.45, 2.75) is 6.61 Å². The molecule has 15 heavy (non-hydrogen) atoms. The molecule has 0 radical (unpaired) electrons. The lowest BCUT2D eigenvalue weighted by Gasteiger charge is -2.03. The van der Waals surface area contributed by atoms with Crippen LogP contribution in [0.4, 0.5) is 0 Å². The lowest BCUT2D eigenvalue weighted by molar-refractivity contribution is 0.0963. The summed E-state index contributed by atoms with van der Waals surface area (Å²) in [5, 5.41) is 3.41. The number of amides is 1. The van der Waals surface area contributed by atoms with Crippen molar-refractivity contribution in [2.75, 3.05) is 19.0 Å². The standard InChI is InChI=1S/C11H14BrNO2/c1-13-11(14)10-4-2-9(3-5-10)8-15-7-6-12/h2-5H,6-8H2,1H3,(H,13,14). The summed E-state index contributed by atoms with van der Waals surface area (Å²) in [7, 11) is 1.62. The maximum atomic E-state index is 11.2. The van der Waals surface area contributed by atoms with Crippen LogP contribution in [0.3, 0.4) is 0 Å². The smallest absolute Gasteiger partial charge is 0.251 e. The van der Waals surface area contributed by atoms with Crippen LogP contribution in [0.5, 0.6) is 0 Å². The quantitative estimate of drug-likeness (QED) is 0.657. The molecule has 0 unspecified atom stereocenters. The third-order valence-electron chi connectivity index (χ3n) is 1.93. The molecule has 0 aliphatic rings. The Balaban J connectivity index is 2.52. The van der Waals surface area contributed by atoms with Gasteiger partial charge >= 0.3 is 0 Å². The summed E-state index contributed by atoms with van der Waals surface area (Å²) >= 11 is 3.29. The molecule has 4 heteroatoms. The molecular weight excluding hydrogens is 258 g/mol. The van der Waals surface area contributed by atoms with Gasteiger partial charge in [-0.2, -0.15) is 0 Å². The summed E-state index contributed by atoms with van der Waals surface area (Å²) < 4.78 is 5.35. The number of halogens is 1. The number of ether oxygens (including phenoxy) is 1. The van der Waals surface area contributed by atoms with Gasteiger partial charge in [0.2, 0.25) is 0 Å². The Hall–Kier alpha value is -0.870. The first-order chi connectivity index (χ1) is 7.27. The molecule has 0 atom stereocenters. The number of rotatable bonds is 5. The zero-order valence-electron chi connectivity index (χ0n) is 8.63. The van der Waals surface area contributed by atoms with Gasteiger partial charge in [0.15, 0.2) is 0 Å². The van der Waals surface area contributed by atoms with E-state index in [1.54, 1.807) is 19.2 Å². The minimum absolute atomic E-state index is 0.0667. The summed E-state index contributed by atoms with van der Waals surface area (Å²) in [5.74, 6) is -0.0667. The predicted octanol–water partition coefficient (Wildman–Crippen LogP) is 1.96. The van der Waals surface area contributed by atoms with E-state index in [0.717, 1.165) is 10.9 Å². The van der Waals surface area contributed by atoms with Gasteiger partial charge in [0.1, 0.15) is 0 Å². The van der Waals surface area contributed by atoms with Crippen molar-refractivity contribution in [3.05, 3.63) is 35.4 Å². The molecular formula is C11H14BrNO2. The summed E-state index contributed by atoms with van der Waals surface area (Å²) in [5.41, 5.74) is 1.74. The number of carbonyl (C=O) groups excluding carboxylic acids is 1. The van der Waals surface area contributed by atoms with Crippen molar-refractivity contribution < 1.29 is 9.53 Å². The summed E-state index contributed by atoms with van der Waals surface area (Å²) in [6.07, 6.45) is 0. The van der Waals surface area contributed by atoms with Gasteiger partial charge in [-0.25, -0.2) is 0 Å². The second kappa shape index (κ2) is 6.58. The lowest BCUT2D eigenvalue weighted by atomic mass is 10.1. The van der Waals surface area contributed by atoms with Gasteiger partial charge in [0, 0.05) is 17.9 Å². The fraction of sp³-hybridized carbons (Fsp3) is 0.364. The first kappa shape index (κ1) is 12.2. The first-order valence-electron chi connectivity index (χ1n) is 4.72. The molecule has 3 nitrogen and oxygen atoms in total. The van der Waals surface area contributed by atoms with E-state index in [1.807, 2.05) is 12.1 Å².